The predicted molar refractivity (Wildman–Crippen MR) is 75.5 cm³/mol. The molecule has 1 amide bonds. The van der Waals surface area contributed by atoms with Crippen LogP contribution in [0.5, 0.6) is 0 Å². The number of alkyl halides is 3. The van der Waals surface area contributed by atoms with E-state index in [9.17, 15) is 18.0 Å². The first-order valence-corrected chi connectivity index (χ1v) is 7.66. The maximum atomic E-state index is 12.1. The zero-order valence-corrected chi connectivity index (χ0v) is 12.7. The number of rotatable bonds is 5. The van der Waals surface area contributed by atoms with Gasteiger partial charge in [-0.2, -0.15) is 13.2 Å². The number of carbonyl (C=O) groups excluding carboxylic acids is 1. The molecule has 8 heteroatoms. The normalized spacial score (nSPS) is 25.9. The van der Waals surface area contributed by atoms with Gasteiger partial charge in [-0.1, -0.05) is 18.5 Å². The third-order valence-corrected chi connectivity index (χ3v) is 4.00. The topological polar surface area (TPSA) is 53.9 Å². The van der Waals surface area contributed by atoms with Crippen molar-refractivity contribution in [3.8, 4) is 0 Å². The first kappa shape index (κ1) is 17.1. The van der Waals surface area contributed by atoms with E-state index >= 15 is 0 Å². The van der Waals surface area contributed by atoms with Gasteiger partial charge in [0, 0.05) is 13.0 Å². The largest absolute Gasteiger partial charge is 0.405 e. The van der Waals surface area contributed by atoms with E-state index in [4.69, 9.17) is 4.84 Å². The third-order valence-electron chi connectivity index (χ3n) is 4.00. The molecule has 1 unspecified atom stereocenters. The highest BCUT2D eigenvalue weighted by Gasteiger charge is 2.44. The first-order chi connectivity index (χ1) is 10.3. The molecule has 0 aliphatic carbocycles. The summed E-state index contributed by atoms with van der Waals surface area (Å²) in [5.74, 6) is -0.792. The van der Waals surface area contributed by atoms with Crippen molar-refractivity contribution >= 4 is 11.6 Å². The number of unbranched alkanes of at least 4 members (excludes halogenated alkanes) is 1. The molecule has 5 nitrogen and oxygen atoms in total. The van der Waals surface area contributed by atoms with Gasteiger partial charge < -0.3 is 10.2 Å². The Labute approximate surface area is 127 Å². The van der Waals surface area contributed by atoms with Gasteiger partial charge in [-0.25, -0.2) is 0 Å². The molecule has 22 heavy (non-hydrogen) atoms. The molecule has 2 aliphatic heterocycles. The smallest absolute Gasteiger partial charge is 0.387 e. The molecule has 0 aromatic rings. The van der Waals surface area contributed by atoms with Crippen LogP contribution in [0, 0.1) is 0 Å². The van der Waals surface area contributed by atoms with Gasteiger partial charge >= 0.3 is 6.18 Å². The lowest BCUT2D eigenvalue weighted by Crippen LogP contribution is -2.49. The average molecular weight is 321 g/mol. The molecule has 1 saturated heterocycles. The summed E-state index contributed by atoms with van der Waals surface area (Å²) in [5, 5.41) is 5.58. The number of likely N-dealkylation sites (tertiary alicyclic amines) is 1. The van der Waals surface area contributed by atoms with Crippen LogP contribution in [0.1, 0.15) is 39.0 Å². The van der Waals surface area contributed by atoms with E-state index in [0.29, 0.717) is 6.54 Å². The van der Waals surface area contributed by atoms with Crippen LogP contribution in [0.15, 0.2) is 5.16 Å². The monoisotopic (exact) mass is 321 g/mol. The minimum absolute atomic E-state index is 0.0570. The van der Waals surface area contributed by atoms with E-state index in [1.807, 2.05) is 5.32 Å². The molecule has 0 bridgehead atoms. The van der Waals surface area contributed by atoms with E-state index in [1.165, 1.54) is 0 Å². The van der Waals surface area contributed by atoms with Gasteiger partial charge in [0.1, 0.15) is 12.3 Å². The fraction of sp³-hybridized carbons (Fsp3) is 0.857. The third kappa shape index (κ3) is 4.59. The molecular weight excluding hydrogens is 299 g/mol. The number of hydrogen-bond donors (Lipinski definition) is 1. The fourth-order valence-corrected chi connectivity index (χ4v) is 2.91. The van der Waals surface area contributed by atoms with E-state index < -0.39 is 24.2 Å². The number of amides is 1. The Kier molecular flexibility index (Phi) is 5.31. The molecule has 126 valence electrons. The predicted octanol–water partition coefficient (Wildman–Crippen LogP) is 2.08. The highest BCUT2D eigenvalue weighted by atomic mass is 19.4. The van der Waals surface area contributed by atoms with Crippen LogP contribution < -0.4 is 5.32 Å². The molecule has 2 heterocycles. The minimum atomic E-state index is -4.42. The van der Waals surface area contributed by atoms with Gasteiger partial charge in [0.2, 0.25) is 0 Å². The summed E-state index contributed by atoms with van der Waals surface area (Å²) < 4.78 is 36.4. The molecule has 1 spiro atoms. The number of hydrogen-bond acceptors (Lipinski definition) is 4. The lowest BCUT2D eigenvalue weighted by molar-refractivity contribution is -0.134. The molecule has 2 aliphatic rings. The number of halogens is 3. The zero-order valence-electron chi connectivity index (χ0n) is 12.7. The molecule has 0 aromatic heterocycles. The Hall–Kier alpha value is -1.31. The quantitative estimate of drug-likeness (QED) is 0.843. The van der Waals surface area contributed by atoms with Gasteiger partial charge in [0.25, 0.3) is 5.91 Å². The number of nitrogens with zero attached hydrogens (tertiary/aromatic N) is 2. The van der Waals surface area contributed by atoms with Crippen LogP contribution in [0.25, 0.3) is 0 Å². The minimum Gasteiger partial charge on any atom is -0.387 e. The Balaban J connectivity index is 1.86. The average Bonchev–Trinajstić information content (AvgIpc) is 2.85. The van der Waals surface area contributed by atoms with Gasteiger partial charge in [-0.3, -0.25) is 9.69 Å². The molecule has 0 radical (unpaired) electrons. The van der Waals surface area contributed by atoms with Gasteiger partial charge in [-0.15, -0.1) is 0 Å². The number of carbonyl (C=O) groups is 1. The molecule has 1 fully saturated rings. The van der Waals surface area contributed by atoms with Crippen LogP contribution >= 0.6 is 0 Å². The summed E-state index contributed by atoms with van der Waals surface area (Å²) in [6.07, 6.45) is -0.234. The lowest BCUT2D eigenvalue weighted by Gasteiger charge is -2.38. The maximum Gasteiger partial charge on any atom is 0.405 e. The Morgan fingerprint density at radius 3 is 2.95 bits per heavy atom. The molecule has 1 atom stereocenters. The number of piperidine rings is 1. The van der Waals surface area contributed by atoms with Crippen molar-refractivity contribution in [3.63, 3.8) is 0 Å². The van der Waals surface area contributed by atoms with Gasteiger partial charge in [0.05, 0.1) is 0 Å². The van der Waals surface area contributed by atoms with E-state index in [2.05, 4.69) is 17.0 Å². The second-order valence-corrected chi connectivity index (χ2v) is 6.02. The molecule has 0 aromatic carbocycles. The molecular formula is C14H22F3N3O2. The molecule has 2 rings (SSSR count). The Morgan fingerprint density at radius 1 is 1.50 bits per heavy atom. The highest BCUT2D eigenvalue weighted by molar-refractivity contribution is 6.39. The summed E-state index contributed by atoms with van der Waals surface area (Å²) in [7, 11) is 0. The van der Waals surface area contributed by atoms with Crippen LogP contribution in [0.4, 0.5) is 13.2 Å². The second kappa shape index (κ2) is 6.85. The highest BCUT2D eigenvalue weighted by Crippen LogP contribution is 2.33. The summed E-state index contributed by atoms with van der Waals surface area (Å²) >= 11 is 0. The van der Waals surface area contributed by atoms with E-state index in [-0.39, 0.29) is 12.1 Å². The molecule has 0 saturated carbocycles. The summed E-state index contributed by atoms with van der Waals surface area (Å²) in [6.45, 7) is 3.41. The zero-order chi connectivity index (χ0) is 16.2. The molecule has 1 N–H and O–H groups in total. The van der Waals surface area contributed by atoms with Crippen molar-refractivity contribution in [2.24, 2.45) is 5.16 Å². The van der Waals surface area contributed by atoms with Crippen LogP contribution in [0.3, 0.4) is 0 Å². The lowest BCUT2D eigenvalue weighted by atomic mass is 9.88. The first-order valence-electron chi connectivity index (χ1n) is 7.66. The van der Waals surface area contributed by atoms with Crippen molar-refractivity contribution in [2.75, 3.05) is 26.2 Å². The Bertz CT molecular complexity index is 440. The summed E-state index contributed by atoms with van der Waals surface area (Å²) in [6, 6.07) is 0. The SMILES string of the molecule is CCCCN1CCCC2(CC(C(=O)NCC(F)(F)F)=NO2)C1. The van der Waals surface area contributed by atoms with Gasteiger partial charge in [-0.05, 0) is 32.4 Å². The van der Waals surface area contributed by atoms with Crippen LogP contribution in [-0.2, 0) is 9.63 Å². The number of nitrogens with one attached hydrogen (secondary N) is 1. The second-order valence-electron chi connectivity index (χ2n) is 6.02. The van der Waals surface area contributed by atoms with Gasteiger partial charge in [0.15, 0.2) is 5.60 Å². The van der Waals surface area contributed by atoms with Crippen molar-refractivity contribution in [2.45, 2.75) is 50.8 Å². The van der Waals surface area contributed by atoms with Crippen molar-refractivity contribution < 1.29 is 22.8 Å². The van der Waals surface area contributed by atoms with E-state index in [0.717, 1.165) is 38.8 Å². The van der Waals surface area contributed by atoms with Crippen molar-refractivity contribution in [1.29, 1.82) is 0 Å². The number of oxime groups is 1. The van der Waals surface area contributed by atoms with Crippen LogP contribution in [0.2, 0.25) is 0 Å². The van der Waals surface area contributed by atoms with Crippen molar-refractivity contribution in [1.82, 2.24) is 10.2 Å². The maximum absolute atomic E-state index is 12.1. The van der Waals surface area contributed by atoms with Crippen molar-refractivity contribution in [3.05, 3.63) is 0 Å². The van der Waals surface area contributed by atoms with Crippen LogP contribution in [-0.4, -0.2) is 54.5 Å². The summed E-state index contributed by atoms with van der Waals surface area (Å²) in [5.41, 5.74) is -0.488. The Morgan fingerprint density at radius 2 is 2.27 bits per heavy atom. The van der Waals surface area contributed by atoms with E-state index in [1.54, 1.807) is 0 Å². The standard InChI is InChI=1S/C14H22F3N3O2/c1-2-3-6-20-7-4-5-13(10-20)8-11(19-22-13)12(21)18-9-14(15,16)17/h2-10H2,1H3,(H,18,21). The fourth-order valence-electron chi connectivity index (χ4n) is 2.91. The summed E-state index contributed by atoms with van der Waals surface area (Å²) in [4.78, 5) is 19.5.